The summed E-state index contributed by atoms with van der Waals surface area (Å²) in [5.41, 5.74) is 3.02. The van der Waals surface area contributed by atoms with Crippen LogP contribution in [0.2, 0.25) is 5.02 Å². The maximum Gasteiger partial charge on any atom is 0.125 e. The predicted octanol–water partition coefficient (Wildman–Crippen LogP) is 5.16. The molecule has 1 fully saturated rings. The highest BCUT2D eigenvalue weighted by Crippen LogP contribution is 2.44. The SMILES string of the molecule is Clc1cc2c(c(CC3(CBr)CCCCC3)c1)OCC2. The summed E-state index contributed by atoms with van der Waals surface area (Å²) >= 11 is 10.0. The minimum atomic E-state index is 0.405. The Balaban J connectivity index is 1.90. The lowest BCUT2D eigenvalue weighted by Crippen LogP contribution is -2.28. The van der Waals surface area contributed by atoms with Gasteiger partial charge < -0.3 is 4.74 Å². The Bertz CT molecular complexity index is 466. The Morgan fingerprint density at radius 2 is 2.00 bits per heavy atom. The van der Waals surface area contributed by atoms with Gasteiger partial charge in [-0.05, 0) is 47.9 Å². The molecule has 1 saturated carbocycles. The van der Waals surface area contributed by atoms with Crippen LogP contribution in [0.1, 0.15) is 43.2 Å². The Morgan fingerprint density at radius 3 is 2.74 bits per heavy atom. The predicted molar refractivity (Wildman–Crippen MR) is 83.7 cm³/mol. The fraction of sp³-hybridized carbons (Fsp3) is 0.625. The summed E-state index contributed by atoms with van der Waals surface area (Å²) in [4.78, 5) is 0. The molecule has 3 heteroatoms. The fourth-order valence-corrected chi connectivity index (χ4v) is 4.56. The van der Waals surface area contributed by atoms with Gasteiger partial charge >= 0.3 is 0 Å². The number of hydrogen-bond donors (Lipinski definition) is 0. The second-order valence-corrected chi connectivity index (χ2v) is 7.02. The van der Waals surface area contributed by atoms with Crippen molar-refractivity contribution in [2.24, 2.45) is 5.41 Å². The molecule has 0 spiro atoms. The van der Waals surface area contributed by atoms with Crippen molar-refractivity contribution in [3.05, 3.63) is 28.3 Å². The maximum absolute atomic E-state index is 6.27. The van der Waals surface area contributed by atoms with E-state index in [2.05, 4.69) is 28.1 Å². The molecule has 0 bridgehead atoms. The van der Waals surface area contributed by atoms with Crippen LogP contribution < -0.4 is 4.74 Å². The van der Waals surface area contributed by atoms with Gasteiger partial charge in [-0.2, -0.15) is 0 Å². The van der Waals surface area contributed by atoms with Crippen molar-refractivity contribution in [1.29, 1.82) is 0 Å². The monoisotopic (exact) mass is 342 g/mol. The van der Waals surface area contributed by atoms with Gasteiger partial charge in [0.15, 0.2) is 0 Å². The van der Waals surface area contributed by atoms with E-state index in [-0.39, 0.29) is 0 Å². The van der Waals surface area contributed by atoms with Gasteiger partial charge in [0.1, 0.15) is 5.75 Å². The van der Waals surface area contributed by atoms with Crippen LogP contribution in [0, 0.1) is 5.41 Å². The van der Waals surface area contributed by atoms with Crippen LogP contribution in [0.5, 0.6) is 5.75 Å². The van der Waals surface area contributed by atoms with E-state index >= 15 is 0 Å². The molecule has 0 amide bonds. The number of benzene rings is 1. The molecular weight excluding hydrogens is 324 g/mol. The third kappa shape index (κ3) is 2.80. The standard InChI is InChI=1S/C16H20BrClO/c17-11-16(5-2-1-3-6-16)10-13-9-14(18)8-12-4-7-19-15(12)13/h8-9H,1-7,10-11H2. The van der Waals surface area contributed by atoms with Crippen LogP contribution in [-0.4, -0.2) is 11.9 Å². The molecule has 0 saturated heterocycles. The molecule has 1 heterocycles. The van der Waals surface area contributed by atoms with Crippen LogP contribution in [0.4, 0.5) is 0 Å². The van der Waals surface area contributed by atoms with E-state index in [9.17, 15) is 0 Å². The van der Waals surface area contributed by atoms with Crippen LogP contribution in [-0.2, 0) is 12.8 Å². The van der Waals surface area contributed by atoms with Crippen molar-refractivity contribution in [2.75, 3.05) is 11.9 Å². The van der Waals surface area contributed by atoms with Crippen LogP contribution in [0.25, 0.3) is 0 Å². The van der Waals surface area contributed by atoms with E-state index in [1.54, 1.807) is 0 Å². The smallest absolute Gasteiger partial charge is 0.125 e. The van der Waals surface area contributed by atoms with Gasteiger partial charge in [-0.25, -0.2) is 0 Å². The maximum atomic E-state index is 6.27. The molecule has 0 N–H and O–H groups in total. The van der Waals surface area contributed by atoms with Crippen molar-refractivity contribution in [1.82, 2.24) is 0 Å². The lowest BCUT2D eigenvalue weighted by atomic mass is 9.71. The van der Waals surface area contributed by atoms with Crippen LogP contribution in [0.15, 0.2) is 12.1 Å². The molecule has 0 aromatic heterocycles. The highest BCUT2D eigenvalue weighted by atomic mass is 79.9. The van der Waals surface area contributed by atoms with Crippen LogP contribution >= 0.6 is 27.5 Å². The van der Waals surface area contributed by atoms with E-state index in [1.165, 1.54) is 43.2 Å². The lowest BCUT2D eigenvalue weighted by Gasteiger charge is -2.36. The fourth-order valence-electron chi connectivity index (χ4n) is 3.54. The van der Waals surface area contributed by atoms with Crippen molar-refractivity contribution in [3.8, 4) is 5.75 Å². The second-order valence-electron chi connectivity index (χ2n) is 6.02. The number of ether oxygens (including phenoxy) is 1. The number of hydrogen-bond acceptors (Lipinski definition) is 1. The summed E-state index contributed by atoms with van der Waals surface area (Å²) in [6.45, 7) is 0.810. The second kappa shape index (κ2) is 5.65. The summed E-state index contributed by atoms with van der Waals surface area (Å²) in [6.07, 6.45) is 8.84. The topological polar surface area (TPSA) is 9.23 Å². The van der Waals surface area contributed by atoms with Gasteiger partial charge in [-0.1, -0.05) is 46.8 Å². The number of alkyl halides is 1. The molecule has 19 heavy (non-hydrogen) atoms. The van der Waals surface area contributed by atoms with Gasteiger partial charge in [0.05, 0.1) is 6.61 Å². The first kappa shape index (κ1) is 13.8. The summed E-state index contributed by atoms with van der Waals surface area (Å²) in [5.74, 6) is 1.12. The minimum Gasteiger partial charge on any atom is -0.493 e. The van der Waals surface area contributed by atoms with Gasteiger partial charge in [-0.3, -0.25) is 0 Å². The molecule has 3 rings (SSSR count). The largest absolute Gasteiger partial charge is 0.493 e. The number of halogens is 2. The zero-order valence-corrected chi connectivity index (χ0v) is 13.5. The molecular formula is C16H20BrClO. The zero-order chi connectivity index (χ0) is 13.3. The van der Waals surface area contributed by atoms with E-state index in [1.807, 2.05) is 0 Å². The number of fused-ring (bicyclic) bond motifs is 1. The minimum absolute atomic E-state index is 0.405. The average Bonchev–Trinajstić information content (AvgIpc) is 2.88. The Hall–Kier alpha value is -0.210. The first-order valence-electron chi connectivity index (χ1n) is 7.23. The summed E-state index contributed by atoms with van der Waals surface area (Å²) in [7, 11) is 0. The lowest BCUT2D eigenvalue weighted by molar-refractivity contribution is 0.220. The molecule has 1 aromatic carbocycles. The Morgan fingerprint density at radius 1 is 1.21 bits per heavy atom. The van der Waals surface area contributed by atoms with Crippen molar-refractivity contribution < 1.29 is 4.74 Å². The van der Waals surface area contributed by atoms with Gasteiger partial charge in [0.2, 0.25) is 0 Å². The Labute approximate surface area is 128 Å². The molecule has 1 aliphatic heterocycles. The molecule has 2 aliphatic rings. The quantitative estimate of drug-likeness (QED) is 0.689. The molecule has 1 aliphatic carbocycles. The van der Waals surface area contributed by atoms with Gasteiger partial charge in [-0.15, -0.1) is 0 Å². The van der Waals surface area contributed by atoms with E-state index in [0.29, 0.717) is 5.41 Å². The van der Waals surface area contributed by atoms with E-state index in [0.717, 1.165) is 35.6 Å². The van der Waals surface area contributed by atoms with Crippen LogP contribution in [0.3, 0.4) is 0 Å². The zero-order valence-electron chi connectivity index (χ0n) is 11.2. The molecule has 1 nitrogen and oxygen atoms in total. The summed E-state index contributed by atoms with van der Waals surface area (Å²) in [6, 6.07) is 4.18. The summed E-state index contributed by atoms with van der Waals surface area (Å²) < 4.78 is 5.84. The third-order valence-electron chi connectivity index (χ3n) is 4.59. The molecule has 0 radical (unpaired) electrons. The van der Waals surface area contributed by atoms with Crippen molar-refractivity contribution in [3.63, 3.8) is 0 Å². The van der Waals surface area contributed by atoms with Gasteiger partial charge in [0, 0.05) is 16.8 Å². The third-order valence-corrected chi connectivity index (χ3v) is 6.00. The van der Waals surface area contributed by atoms with Gasteiger partial charge in [0.25, 0.3) is 0 Å². The molecule has 0 atom stereocenters. The molecule has 0 unspecified atom stereocenters. The highest BCUT2D eigenvalue weighted by molar-refractivity contribution is 9.09. The van der Waals surface area contributed by atoms with E-state index in [4.69, 9.17) is 16.3 Å². The summed E-state index contributed by atoms with van der Waals surface area (Å²) in [5, 5.41) is 1.95. The highest BCUT2D eigenvalue weighted by Gasteiger charge is 2.33. The molecule has 1 aromatic rings. The Kier molecular flexibility index (Phi) is 4.09. The average molecular weight is 344 g/mol. The van der Waals surface area contributed by atoms with E-state index < -0.39 is 0 Å². The van der Waals surface area contributed by atoms with Crippen molar-refractivity contribution in [2.45, 2.75) is 44.9 Å². The van der Waals surface area contributed by atoms with Crippen molar-refractivity contribution >= 4 is 27.5 Å². The molecule has 104 valence electrons. The normalized spacial score (nSPS) is 20.9. The first-order chi connectivity index (χ1) is 9.22. The first-order valence-corrected chi connectivity index (χ1v) is 8.72. The number of rotatable bonds is 3.